The quantitative estimate of drug-likeness (QED) is 0.849. The van der Waals surface area contributed by atoms with Crippen LogP contribution in [0.1, 0.15) is 45.4 Å². The lowest BCUT2D eigenvalue weighted by Crippen LogP contribution is -2.54. The second kappa shape index (κ2) is 6.08. The maximum atomic E-state index is 12.6. The lowest BCUT2D eigenvalue weighted by molar-refractivity contribution is 0.209. The standard InChI is InChI=1S/C13H27N3O2S/c1-13(14-2)7-11-16(12-8-13)19(17,18)15-9-5-3-4-6-10-15/h14H,3-12H2,1-2H3. The Kier molecular flexibility index (Phi) is 4.87. The summed E-state index contributed by atoms with van der Waals surface area (Å²) in [5, 5.41) is 3.31. The van der Waals surface area contributed by atoms with Gasteiger partial charge in [-0.2, -0.15) is 17.0 Å². The Morgan fingerprint density at radius 3 is 1.84 bits per heavy atom. The van der Waals surface area contributed by atoms with E-state index in [0.29, 0.717) is 26.2 Å². The first-order valence-corrected chi connectivity index (χ1v) is 8.82. The van der Waals surface area contributed by atoms with Crippen molar-refractivity contribution < 1.29 is 8.42 Å². The summed E-state index contributed by atoms with van der Waals surface area (Å²) in [6, 6.07) is 0. The van der Waals surface area contributed by atoms with Crippen molar-refractivity contribution in [3.63, 3.8) is 0 Å². The maximum absolute atomic E-state index is 12.6. The van der Waals surface area contributed by atoms with Crippen molar-refractivity contribution in [1.29, 1.82) is 0 Å². The second-order valence-electron chi connectivity index (χ2n) is 6.03. The first-order valence-electron chi connectivity index (χ1n) is 7.42. The molecule has 2 fully saturated rings. The Morgan fingerprint density at radius 1 is 0.895 bits per heavy atom. The van der Waals surface area contributed by atoms with E-state index in [1.165, 1.54) is 0 Å². The largest absolute Gasteiger partial charge is 0.314 e. The van der Waals surface area contributed by atoms with Crippen LogP contribution in [0, 0.1) is 0 Å². The minimum atomic E-state index is -3.23. The van der Waals surface area contributed by atoms with Gasteiger partial charge in [0.25, 0.3) is 10.2 Å². The predicted octanol–water partition coefficient (Wildman–Crippen LogP) is 1.18. The third kappa shape index (κ3) is 3.48. The highest BCUT2D eigenvalue weighted by Gasteiger charge is 2.36. The van der Waals surface area contributed by atoms with Crippen molar-refractivity contribution in [1.82, 2.24) is 13.9 Å². The first-order chi connectivity index (χ1) is 8.98. The minimum Gasteiger partial charge on any atom is -0.314 e. The van der Waals surface area contributed by atoms with Gasteiger partial charge in [0, 0.05) is 31.7 Å². The van der Waals surface area contributed by atoms with Crippen molar-refractivity contribution in [2.24, 2.45) is 0 Å². The van der Waals surface area contributed by atoms with E-state index in [2.05, 4.69) is 12.2 Å². The zero-order chi connectivity index (χ0) is 13.9. The van der Waals surface area contributed by atoms with Crippen LogP contribution in [0.4, 0.5) is 0 Å². The summed E-state index contributed by atoms with van der Waals surface area (Å²) >= 11 is 0. The smallest absolute Gasteiger partial charge is 0.281 e. The molecule has 5 nitrogen and oxygen atoms in total. The highest BCUT2D eigenvalue weighted by atomic mass is 32.2. The summed E-state index contributed by atoms with van der Waals surface area (Å²) in [5.74, 6) is 0. The average molecular weight is 289 g/mol. The maximum Gasteiger partial charge on any atom is 0.281 e. The van der Waals surface area contributed by atoms with Crippen LogP contribution in [0.25, 0.3) is 0 Å². The predicted molar refractivity (Wildman–Crippen MR) is 77.2 cm³/mol. The van der Waals surface area contributed by atoms with Crippen LogP contribution in [0.15, 0.2) is 0 Å². The van der Waals surface area contributed by atoms with Gasteiger partial charge in [-0.3, -0.25) is 0 Å². The van der Waals surface area contributed by atoms with Gasteiger partial charge in [-0.05, 0) is 39.7 Å². The van der Waals surface area contributed by atoms with Crippen LogP contribution in [0.5, 0.6) is 0 Å². The van der Waals surface area contributed by atoms with Gasteiger partial charge < -0.3 is 5.32 Å². The van der Waals surface area contributed by atoms with E-state index in [1.54, 1.807) is 8.61 Å². The normalized spacial score (nSPS) is 27.1. The summed E-state index contributed by atoms with van der Waals surface area (Å²) in [4.78, 5) is 0. The molecule has 1 N–H and O–H groups in total. The molecule has 0 amide bonds. The number of hydrogen-bond donors (Lipinski definition) is 1. The molecule has 2 rings (SSSR count). The molecule has 2 aliphatic rings. The number of hydrogen-bond acceptors (Lipinski definition) is 3. The monoisotopic (exact) mass is 289 g/mol. The zero-order valence-corrected chi connectivity index (χ0v) is 13.0. The fraction of sp³-hybridized carbons (Fsp3) is 1.00. The van der Waals surface area contributed by atoms with E-state index in [-0.39, 0.29) is 5.54 Å². The van der Waals surface area contributed by atoms with Crippen LogP contribution >= 0.6 is 0 Å². The van der Waals surface area contributed by atoms with Gasteiger partial charge in [-0.15, -0.1) is 0 Å². The summed E-state index contributed by atoms with van der Waals surface area (Å²) in [6.45, 7) is 4.83. The van der Waals surface area contributed by atoms with Gasteiger partial charge in [0.1, 0.15) is 0 Å². The summed E-state index contributed by atoms with van der Waals surface area (Å²) < 4.78 is 28.6. The van der Waals surface area contributed by atoms with Crippen LogP contribution in [-0.4, -0.2) is 55.8 Å². The minimum absolute atomic E-state index is 0.0881. The Balaban J connectivity index is 2.00. The second-order valence-corrected chi connectivity index (χ2v) is 7.96. The molecular weight excluding hydrogens is 262 g/mol. The SMILES string of the molecule is CNC1(C)CCN(S(=O)(=O)N2CCCCCC2)CC1. The summed E-state index contributed by atoms with van der Waals surface area (Å²) in [7, 11) is -1.27. The van der Waals surface area contributed by atoms with Crippen LogP contribution < -0.4 is 5.32 Å². The number of nitrogens with one attached hydrogen (secondary N) is 1. The Bertz CT molecular complexity index is 381. The molecule has 0 aliphatic carbocycles. The van der Waals surface area contributed by atoms with E-state index < -0.39 is 10.2 Å². The Morgan fingerprint density at radius 2 is 1.37 bits per heavy atom. The number of rotatable bonds is 3. The van der Waals surface area contributed by atoms with Gasteiger partial charge in [0.2, 0.25) is 0 Å². The van der Waals surface area contributed by atoms with Gasteiger partial charge in [0.05, 0.1) is 0 Å². The lowest BCUT2D eigenvalue weighted by atomic mass is 9.91. The van der Waals surface area contributed by atoms with Crippen molar-refractivity contribution >= 4 is 10.2 Å². The molecule has 0 spiro atoms. The van der Waals surface area contributed by atoms with E-state index in [1.807, 2.05) is 7.05 Å². The topological polar surface area (TPSA) is 52.7 Å². The fourth-order valence-electron chi connectivity index (χ4n) is 2.90. The number of nitrogens with zero attached hydrogens (tertiary/aromatic N) is 2. The van der Waals surface area contributed by atoms with Crippen LogP contribution in [0.3, 0.4) is 0 Å². The molecule has 0 aromatic heterocycles. The molecule has 0 atom stereocenters. The Labute approximate surface area is 117 Å². The van der Waals surface area contributed by atoms with Crippen molar-refractivity contribution in [3.05, 3.63) is 0 Å². The molecule has 0 unspecified atom stereocenters. The molecule has 6 heteroatoms. The van der Waals surface area contributed by atoms with E-state index in [9.17, 15) is 8.42 Å². The van der Waals surface area contributed by atoms with Gasteiger partial charge >= 0.3 is 0 Å². The average Bonchev–Trinajstić information content (AvgIpc) is 2.68. The van der Waals surface area contributed by atoms with Crippen molar-refractivity contribution in [2.45, 2.75) is 51.0 Å². The van der Waals surface area contributed by atoms with Gasteiger partial charge in [-0.25, -0.2) is 0 Å². The molecule has 0 aromatic rings. The lowest BCUT2D eigenvalue weighted by Gasteiger charge is -2.40. The van der Waals surface area contributed by atoms with Crippen LogP contribution in [0.2, 0.25) is 0 Å². The Hall–Kier alpha value is -0.170. The molecule has 0 bridgehead atoms. The molecule has 0 aromatic carbocycles. The molecule has 2 saturated heterocycles. The summed E-state index contributed by atoms with van der Waals surface area (Å²) in [5.41, 5.74) is 0.0881. The molecule has 0 radical (unpaired) electrons. The van der Waals surface area contributed by atoms with E-state index in [0.717, 1.165) is 38.5 Å². The highest BCUT2D eigenvalue weighted by Crippen LogP contribution is 2.25. The van der Waals surface area contributed by atoms with E-state index in [4.69, 9.17) is 0 Å². The van der Waals surface area contributed by atoms with E-state index >= 15 is 0 Å². The molecule has 19 heavy (non-hydrogen) atoms. The highest BCUT2D eigenvalue weighted by molar-refractivity contribution is 7.86. The summed E-state index contributed by atoms with van der Waals surface area (Å²) in [6.07, 6.45) is 6.09. The van der Waals surface area contributed by atoms with Gasteiger partial charge in [0.15, 0.2) is 0 Å². The van der Waals surface area contributed by atoms with Gasteiger partial charge in [-0.1, -0.05) is 12.8 Å². The first kappa shape index (κ1) is 15.2. The van der Waals surface area contributed by atoms with Crippen molar-refractivity contribution in [3.8, 4) is 0 Å². The van der Waals surface area contributed by atoms with Crippen molar-refractivity contribution in [2.75, 3.05) is 33.2 Å². The zero-order valence-electron chi connectivity index (χ0n) is 12.2. The van der Waals surface area contributed by atoms with Crippen LogP contribution in [-0.2, 0) is 10.2 Å². The third-order valence-electron chi connectivity index (χ3n) is 4.65. The number of piperidine rings is 1. The molecule has 0 saturated carbocycles. The molecular formula is C13H27N3O2S. The molecule has 2 heterocycles. The molecule has 2 aliphatic heterocycles. The molecule has 112 valence electrons. The third-order valence-corrected chi connectivity index (χ3v) is 6.68. The fourth-order valence-corrected chi connectivity index (χ4v) is 4.59.